The number of rotatable bonds is 3. The summed E-state index contributed by atoms with van der Waals surface area (Å²) >= 11 is 0. The monoisotopic (exact) mass is 250 g/mol. The lowest BCUT2D eigenvalue weighted by molar-refractivity contribution is 0.149. The van der Waals surface area contributed by atoms with Crippen LogP contribution >= 0.6 is 0 Å². The van der Waals surface area contributed by atoms with Crippen LogP contribution in [0.3, 0.4) is 0 Å². The number of hydrogen-bond acceptors (Lipinski definition) is 2. The summed E-state index contributed by atoms with van der Waals surface area (Å²) in [6.07, 6.45) is 1.16. The first-order valence-corrected chi connectivity index (χ1v) is 6.82. The Labute approximate surface area is 109 Å². The lowest BCUT2D eigenvalue weighted by atomic mass is 10.0. The van der Waals surface area contributed by atoms with E-state index in [1.165, 1.54) is 5.56 Å². The zero-order valence-electron chi connectivity index (χ0n) is 11.6. The molecule has 18 heavy (non-hydrogen) atoms. The molecule has 0 aliphatic carbocycles. The molecule has 1 atom stereocenters. The van der Waals surface area contributed by atoms with Crippen molar-refractivity contribution in [2.24, 2.45) is 0 Å². The number of piperazine rings is 1. The summed E-state index contributed by atoms with van der Waals surface area (Å²) in [6.45, 7) is 10.1. The molecule has 0 aromatic heterocycles. The Morgan fingerprint density at radius 3 is 2.61 bits per heavy atom. The Hall–Kier alpha value is -0.930. The Kier molecular flexibility index (Phi) is 4.36. The van der Waals surface area contributed by atoms with Crippen LogP contribution in [-0.2, 0) is 6.54 Å². The van der Waals surface area contributed by atoms with Crippen molar-refractivity contribution in [2.45, 2.75) is 39.8 Å². The van der Waals surface area contributed by atoms with Gasteiger partial charge >= 0.3 is 0 Å². The van der Waals surface area contributed by atoms with Crippen molar-refractivity contribution in [1.29, 1.82) is 0 Å². The molecule has 0 radical (unpaired) electrons. The summed E-state index contributed by atoms with van der Waals surface area (Å²) in [5.41, 5.74) is 2.74. The van der Waals surface area contributed by atoms with E-state index in [4.69, 9.17) is 0 Å². The van der Waals surface area contributed by atoms with Crippen LogP contribution in [0.5, 0.6) is 0 Å². The molecular formula is C15H23FN2. The normalized spacial score (nSPS) is 21.2. The van der Waals surface area contributed by atoms with Crippen molar-refractivity contribution in [1.82, 2.24) is 10.2 Å². The van der Waals surface area contributed by atoms with Crippen LogP contribution in [0.1, 0.15) is 30.0 Å². The van der Waals surface area contributed by atoms with Gasteiger partial charge in [-0.25, -0.2) is 4.39 Å². The van der Waals surface area contributed by atoms with Crippen molar-refractivity contribution < 1.29 is 4.39 Å². The Morgan fingerprint density at radius 1 is 1.33 bits per heavy atom. The number of aryl methyl sites for hydroxylation is 2. The molecule has 1 fully saturated rings. The van der Waals surface area contributed by atoms with E-state index in [1.54, 1.807) is 0 Å². The van der Waals surface area contributed by atoms with Crippen molar-refractivity contribution in [3.63, 3.8) is 0 Å². The molecule has 3 heteroatoms. The molecule has 2 nitrogen and oxygen atoms in total. The third kappa shape index (κ3) is 2.90. The van der Waals surface area contributed by atoms with E-state index in [0.29, 0.717) is 6.04 Å². The fourth-order valence-electron chi connectivity index (χ4n) is 2.78. The highest BCUT2D eigenvalue weighted by atomic mass is 19.1. The molecule has 1 N–H and O–H groups in total. The van der Waals surface area contributed by atoms with Crippen molar-refractivity contribution in [3.8, 4) is 0 Å². The van der Waals surface area contributed by atoms with Gasteiger partial charge in [-0.15, -0.1) is 0 Å². The molecule has 100 valence electrons. The van der Waals surface area contributed by atoms with Crippen molar-refractivity contribution in [3.05, 3.63) is 34.6 Å². The van der Waals surface area contributed by atoms with Crippen LogP contribution in [0, 0.1) is 19.7 Å². The molecule has 0 saturated carbocycles. The second-order valence-electron chi connectivity index (χ2n) is 5.28. The van der Waals surface area contributed by atoms with Crippen molar-refractivity contribution >= 4 is 0 Å². The zero-order chi connectivity index (χ0) is 13.1. The Bertz CT molecular complexity index is 394. The maximum absolute atomic E-state index is 13.6. The van der Waals surface area contributed by atoms with E-state index in [9.17, 15) is 4.39 Å². The van der Waals surface area contributed by atoms with Gasteiger partial charge in [-0.3, -0.25) is 4.90 Å². The summed E-state index contributed by atoms with van der Waals surface area (Å²) < 4.78 is 13.6. The largest absolute Gasteiger partial charge is 0.314 e. The van der Waals surface area contributed by atoms with Gasteiger partial charge in [0.05, 0.1) is 0 Å². The quantitative estimate of drug-likeness (QED) is 0.887. The van der Waals surface area contributed by atoms with E-state index in [1.807, 2.05) is 26.0 Å². The molecule has 0 bridgehead atoms. The summed E-state index contributed by atoms with van der Waals surface area (Å²) in [5.74, 6) is -0.0638. The highest BCUT2D eigenvalue weighted by Crippen LogP contribution is 2.18. The summed E-state index contributed by atoms with van der Waals surface area (Å²) in [7, 11) is 0. The first-order chi connectivity index (χ1) is 8.61. The SMILES string of the molecule is CCC1CNCCN1Cc1cc(C)c(F)c(C)c1. The third-order valence-corrected chi connectivity index (χ3v) is 3.83. The molecule has 1 unspecified atom stereocenters. The van der Waals surface area contributed by atoms with Crippen LogP contribution in [0.25, 0.3) is 0 Å². The van der Waals surface area contributed by atoms with Crippen molar-refractivity contribution in [2.75, 3.05) is 19.6 Å². The average molecular weight is 250 g/mol. The summed E-state index contributed by atoms with van der Waals surface area (Å²) in [4.78, 5) is 2.50. The first-order valence-electron chi connectivity index (χ1n) is 6.82. The maximum atomic E-state index is 13.6. The van der Waals surface area contributed by atoms with Gasteiger partial charge in [-0.05, 0) is 37.0 Å². The second-order valence-corrected chi connectivity index (χ2v) is 5.28. The Balaban J connectivity index is 2.13. The van der Waals surface area contributed by atoms with Gasteiger partial charge in [-0.1, -0.05) is 19.1 Å². The number of nitrogens with one attached hydrogen (secondary N) is 1. The number of halogens is 1. The average Bonchev–Trinajstić information content (AvgIpc) is 2.36. The first kappa shape index (κ1) is 13.5. The predicted octanol–water partition coefficient (Wildman–Crippen LogP) is 2.63. The predicted molar refractivity (Wildman–Crippen MR) is 73.2 cm³/mol. The number of nitrogens with zero attached hydrogens (tertiary/aromatic N) is 1. The second kappa shape index (κ2) is 5.81. The van der Waals surface area contributed by atoms with E-state index in [0.717, 1.165) is 43.7 Å². The number of hydrogen-bond donors (Lipinski definition) is 1. The molecule has 0 spiro atoms. The van der Waals surface area contributed by atoms with Gasteiger partial charge in [0.25, 0.3) is 0 Å². The molecule has 1 aromatic rings. The maximum Gasteiger partial charge on any atom is 0.129 e. The molecule has 0 amide bonds. The summed E-state index contributed by atoms with van der Waals surface area (Å²) in [5, 5.41) is 3.43. The molecule has 2 rings (SSSR count). The van der Waals surface area contributed by atoms with Gasteiger partial charge in [0, 0.05) is 32.2 Å². The third-order valence-electron chi connectivity index (χ3n) is 3.83. The minimum atomic E-state index is -0.0638. The van der Waals surface area contributed by atoms with E-state index in [2.05, 4.69) is 17.1 Å². The molecule has 1 saturated heterocycles. The fraction of sp³-hybridized carbons (Fsp3) is 0.600. The molecule has 1 aliphatic heterocycles. The molecule has 1 aromatic carbocycles. The molecule has 1 heterocycles. The Morgan fingerprint density at radius 2 is 2.00 bits per heavy atom. The van der Waals surface area contributed by atoms with Gasteiger partial charge in [0.15, 0.2) is 0 Å². The van der Waals surface area contributed by atoms with Crippen LogP contribution in [0.2, 0.25) is 0 Å². The van der Waals surface area contributed by atoms with Crippen LogP contribution in [0.15, 0.2) is 12.1 Å². The van der Waals surface area contributed by atoms with E-state index >= 15 is 0 Å². The standard InChI is InChI=1S/C15H23FN2/c1-4-14-9-17-5-6-18(14)10-13-7-11(2)15(16)12(3)8-13/h7-8,14,17H,4-6,9-10H2,1-3H3. The van der Waals surface area contributed by atoms with Gasteiger partial charge in [0.1, 0.15) is 5.82 Å². The zero-order valence-corrected chi connectivity index (χ0v) is 11.6. The topological polar surface area (TPSA) is 15.3 Å². The van der Waals surface area contributed by atoms with Gasteiger partial charge in [0.2, 0.25) is 0 Å². The van der Waals surface area contributed by atoms with E-state index in [-0.39, 0.29) is 5.82 Å². The lowest BCUT2D eigenvalue weighted by Gasteiger charge is -2.35. The van der Waals surface area contributed by atoms with E-state index < -0.39 is 0 Å². The van der Waals surface area contributed by atoms with Crippen LogP contribution in [0.4, 0.5) is 4.39 Å². The molecular weight excluding hydrogens is 227 g/mol. The van der Waals surface area contributed by atoms with Crippen LogP contribution in [-0.4, -0.2) is 30.6 Å². The fourth-order valence-corrected chi connectivity index (χ4v) is 2.78. The smallest absolute Gasteiger partial charge is 0.129 e. The minimum absolute atomic E-state index is 0.0638. The summed E-state index contributed by atoms with van der Waals surface area (Å²) in [6, 6.07) is 4.57. The highest BCUT2D eigenvalue weighted by Gasteiger charge is 2.20. The lowest BCUT2D eigenvalue weighted by Crippen LogP contribution is -2.50. The highest BCUT2D eigenvalue weighted by molar-refractivity contribution is 5.30. The van der Waals surface area contributed by atoms with Gasteiger partial charge in [-0.2, -0.15) is 0 Å². The van der Waals surface area contributed by atoms with Gasteiger partial charge < -0.3 is 5.32 Å². The van der Waals surface area contributed by atoms with Crippen LogP contribution < -0.4 is 5.32 Å². The minimum Gasteiger partial charge on any atom is -0.314 e. The molecule has 1 aliphatic rings. The number of benzene rings is 1.